The Bertz CT molecular complexity index is 580. The molecule has 2 aromatic rings. The van der Waals surface area contributed by atoms with Gasteiger partial charge in [-0.05, 0) is 23.7 Å². The number of hydrogen-bond donors (Lipinski definition) is 1. The van der Waals surface area contributed by atoms with Crippen molar-refractivity contribution in [2.45, 2.75) is 0 Å². The Morgan fingerprint density at radius 1 is 1.28 bits per heavy atom. The van der Waals surface area contributed by atoms with Crippen LogP contribution in [0.3, 0.4) is 0 Å². The monoisotopic (exact) mass is 347 g/mol. The molecule has 0 saturated heterocycles. The summed E-state index contributed by atoms with van der Waals surface area (Å²) < 4.78 is 6.04. The van der Waals surface area contributed by atoms with Gasteiger partial charge in [0, 0.05) is 16.2 Å². The summed E-state index contributed by atoms with van der Waals surface area (Å²) in [6, 6.07) is 5.53. The molecule has 0 atom stereocenters. The number of anilines is 2. The average Bonchev–Trinajstić information content (AvgIpc) is 2.33. The summed E-state index contributed by atoms with van der Waals surface area (Å²) in [5, 5.41) is 3.57. The average molecular weight is 349 g/mol. The van der Waals surface area contributed by atoms with Gasteiger partial charge in [0.1, 0.15) is 10.8 Å². The fourth-order valence-electron chi connectivity index (χ4n) is 1.32. The topological polar surface area (TPSA) is 47.0 Å². The summed E-state index contributed by atoms with van der Waals surface area (Å²) in [7, 11) is 1.60. The molecule has 1 heterocycles. The lowest BCUT2D eigenvalue weighted by Gasteiger charge is -2.09. The van der Waals surface area contributed by atoms with Crippen molar-refractivity contribution in [2.75, 3.05) is 12.4 Å². The fourth-order valence-corrected chi connectivity index (χ4v) is 2.07. The zero-order chi connectivity index (χ0) is 13.1. The third-order valence-corrected chi connectivity index (χ3v) is 3.00. The lowest BCUT2D eigenvalue weighted by atomic mass is 10.3. The van der Waals surface area contributed by atoms with E-state index in [-0.39, 0.29) is 5.28 Å². The van der Waals surface area contributed by atoms with E-state index >= 15 is 0 Å². The summed E-state index contributed by atoms with van der Waals surface area (Å²) >= 11 is 15.1. The third-order valence-electron chi connectivity index (χ3n) is 2.08. The molecule has 0 fully saturated rings. The minimum atomic E-state index is 0.129. The van der Waals surface area contributed by atoms with Crippen LogP contribution in [0.4, 0.5) is 11.5 Å². The quantitative estimate of drug-likeness (QED) is 0.840. The van der Waals surface area contributed by atoms with Crippen LogP contribution in [0, 0.1) is 0 Å². The molecule has 0 amide bonds. The van der Waals surface area contributed by atoms with Gasteiger partial charge in [0.15, 0.2) is 5.82 Å². The highest BCUT2D eigenvalue weighted by Crippen LogP contribution is 2.29. The van der Waals surface area contributed by atoms with Crippen LogP contribution >= 0.6 is 39.1 Å². The van der Waals surface area contributed by atoms with Crippen molar-refractivity contribution >= 4 is 50.6 Å². The molecule has 0 aliphatic heterocycles. The minimum absolute atomic E-state index is 0.129. The minimum Gasteiger partial charge on any atom is -0.497 e. The first-order valence-electron chi connectivity index (χ1n) is 4.88. The molecule has 0 unspecified atom stereocenters. The molecule has 0 aliphatic carbocycles. The molecule has 18 heavy (non-hydrogen) atoms. The van der Waals surface area contributed by atoms with E-state index in [1.165, 1.54) is 6.20 Å². The van der Waals surface area contributed by atoms with Crippen molar-refractivity contribution in [3.05, 3.63) is 39.2 Å². The first-order valence-corrected chi connectivity index (χ1v) is 6.43. The van der Waals surface area contributed by atoms with Crippen LogP contribution in [0.15, 0.2) is 28.9 Å². The fraction of sp³-hybridized carbons (Fsp3) is 0.0909. The number of rotatable bonds is 3. The summed E-state index contributed by atoms with van der Waals surface area (Å²) in [4.78, 5) is 7.79. The van der Waals surface area contributed by atoms with E-state index in [1.807, 2.05) is 18.2 Å². The molecule has 4 nitrogen and oxygen atoms in total. The number of aromatic nitrogens is 2. The van der Waals surface area contributed by atoms with Gasteiger partial charge in [-0.15, -0.1) is 0 Å². The SMILES string of the molecule is COc1cc(Br)cc(Nc2nc(Cl)ncc2Cl)c1. The van der Waals surface area contributed by atoms with E-state index in [2.05, 4.69) is 31.2 Å². The molecule has 0 saturated carbocycles. The number of nitrogens with one attached hydrogen (secondary N) is 1. The van der Waals surface area contributed by atoms with Crippen LogP contribution in [-0.4, -0.2) is 17.1 Å². The van der Waals surface area contributed by atoms with Crippen molar-refractivity contribution in [1.29, 1.82) is 0 Å². The Kier molecular flexibility index (Phi) is 4.27. The number of benzene rings is 1. The number of nitrogens with zero attached hydrogens (tertiary/aromatic N) is 2. The van der Waals surface area contributed by atoms with E-state index in [1.54, 1.807) is 7.11 Å². The van der Waals surface area contributed by atoms with E-state index in [0.29, 0.717) is 16.6 Å². The van der Waals surface area contributed by atoms with Crippen molar-refractivity contribution in [1.82, 2.24) is 9.97 Å². The molecule has 0 radical (unpaired) electrons. The lowest BCUT2D eigenvalue weighted by Crippen LogP contribution is -1.97. The van der Waals surface area contributed by atoms with Crippen LogP contribution in [0.1, 0.15) is 0 Å². The van der Waals surface area contributed by atoms with Crippen LogP contribution in [0.5, 0.6) is 5.75 Å². The molecule has 0 aliphatic rings. The van der Waals surface area contributed by atoms with Gasteiger partial charge in [-0.3, -0.25) is 0 Å². The van der Waals surface area contributed by atoms with Crippen LogP contribution in [0.2, 0.25) is 10.3 Å². The molecular formula is C11H8BrCl2N3O. The van der Waals surface area contributed by atoms with Gasteiger partial charge in [0.2, 0.25) is 5.28 Å². The normalized spacial score (nSPS) is 10.2. The van der Waals surface area contributed by atoms with Gasteiger partial charge in [0.05, 0.1) is 13.3 Å². The Balaban J connectivity index is 2.33. The van der Waals surface area contributed by atoms with Crippen LogP contribution in [0.25, 0.3) is 0 Å². The first kappa shape index (κ1) is 13.4. The molecule has 0 spiro atoms. The van der Waals surface area contributed by atoms with Crippen LogP contribution in [-0.2, 0) is 0 Å². The second kappa shape index (κ2) is 5.73. The molecule has 1 aromatic carbocycles. The number of hydrogen-bond acceptors (Lipinski definition) is 4. The van der Waals surface area contributed by atoms with E-state index < -0.39 is 0 Å². The second-order valence-electron chi connectivity index (χ2n) is 3.34. The van der Waals surface area contributed by atoms with Gasteiger partial charge in [-0.25, -0.2) is 4.98 Å². The predicted molar refractivity (Wildman–Crippen MR) is 76.0 cm³/mol. The second-order valence-corrected chi connectivity index (χ2v) is 5.00. The van der Waals surface area contributed by atoms with Gasteiger partial charge in [-0.1, -0.05) is 27.5 Å². The van der Waals surface area contributed by atoms with Gasteiger partial charge in [-0.2, -0.15) is 4.98 Å². The molecular weight excluding hydrogens is 341 g/mol. The largest absolute Gasteiger partial charge is 0.497 e. The molecule has 1 N–H and O–H groups in total. The maximum absolute atomic E-state index is 5.97. The highest BCUT2D eigenvalue weighted by Gasteiger charge is 2.06. The predicted octanol–water partition coefficient (Wildman–Crippen LogP) is 4.30. The Morgan fingerprint density at radius 2 is 2.06 bits per heavy atom. The first-order chi connectivity index (χ1) is 8.58. The Hall–Kier alpha value is -1.04. The number of ether oxygens (including phenoxy) is 1. The molecule has 7 heteroatoms. The lowest BCUT2D eigenvalue weighted by molar-refractivity contribution is 0.415. The number of methoxy groups -OCH3 is 1. The van der Waals surface area contributed by atoms with E-state index in [4.69, 9.17) is 27.9 Å². The highest BCUT2D eigenvalue weighted by atomic mass is 79.9. The Morgan fingerprint density at radius 3 is 2.78 bits per heavy atom. The molecule has 94 valence electrons. The summed E-state index contributed by atoms with van der Waals surface area (Å²) in [6.07, 6.45) is 1.44. The van der Waals surface area contributed by atoms with Crippen LogP contribution < -0.4 is 10.1 Å². The summed E-state index contributed by atoms with van der Waals surface area (Å²) in [6.45, 7) is 0. The van der Waals surface area contributed by atoms with E-state index in [0.717, 1.165) is 10.2 Å². The van der Waals surface area contributed by atoms with Gasteiger partial charge in [0.25, 0.3) is 0 Å². The van der Waals surface area contributed by atoms with Crippen molar-refractivity contribution < 1.29 is 4.74 Å². The van der Waals surface area contributed by atoms with Crippen molar-refractivity contribution in [3.8, 4) is 5.75 Å². The molecule has 0 bridgehead atoms. The zero-order valence-corrected chi connectivity index (χ0v) is 12.3. The maximum atomic E-state index is 5.97. The van der Waals surface area contributed by atoms with Crippen molar-refractivity contribution in [3.63, 3.8) is 0 Å². The number of halogens is 3. The third kappa shape index (κ3) is 3.25. The molecule has 2 rings (SSSR count). The standard InChI is InChI=1S/C11H8BrCl2N3O/c1-18-8-3-6(12)2-7(4-8)16-10-9(13)5-15-11(14)17-10/h2-5H,1H3,(H,15,16,17). The summed E-state index contributed by atoms with van der Waals surface area (Å²) in [5.74, 6) is 1.15. The smallest absolute Gasteiger partial charge is 0.224 e. The van der Waals surface area contributed by atoms with Gasteiger partial charge >= 0.3 is 0 Å². The van der Waals surface area contributed by atoms with E-state index in [9.17, 15) is 0 Å². The molecule has 1 aromatic heterocycles. The maximum Gasteiger partial charge on any atom is 0.224 e. The van der Waals surface area contributed by atoms with Crippen molar-refractivity contribution in [2.24, 2.45) is 0 Å². The zero-order valence-electron chi connectivity index (χ0n) is 9.25. The summed E-state index contributed by atoms with van der Waals surface area (Å²) in [5.41, 5.74) is 0.776. The highest BCUT2D eigenvalue weighted by molar-refractivity contribution is 9.10. The van der Waals surface area contributed by atoms with Gasteiger partial charge < -0.3 is 10.1 Å². The Labute approximate surface area is 122 Å².